The zero-order valence-electron chi connectivity index (χ0n) is 11.9. The van der Waals surface area contributed by atoms with Gasteiger partial charge in [0.1, 0.15) is 11.9 Å². The number of anilines is 1. The molecule has 1 atom stereocenters. The van der Waals surface area contributed by atoms with Gasteiger partial charge < -0.3 is 20.2 Å². The largest absolute Gasteiger partial charge is 0.761 e. The maximum absolute atomic E-state index is 13.2. The first-order valence-electron chi connectivity index (χ1n) is 6.43. The SMILES string of the molecule is COC(=O)c1cc(OC2C=NC=CC2)c(C(F)(F)F)cc1N[O-]. The first-order chi connectivity index (χ1) is 10.9. The normalized spacial score (nSPS) is 17.0. The predicted octanol–water partition coefficient (Wildman–Crippen LogP) is 3.14. The van der Waals surface area contributed by atoms with E-state index in [1.807, 2.05) is 0 Å². The maximum Gasteiger partial charge on any atom is 0.420 e. The van der Waals surface area contributed by atoms with Crippen molar-refractivity contribution >= 4 is 17.9 Å². The molecule has 1 heterocycles. The molecule has 0 radical (unpaired) electrons. The first-order valence-corrected chi connectivity index (χ1v) is 6.43. The number of hydrogen-bond acceptors (Lipinski definition) is 6. The number of rotatable bonds is 4. The van der Waals surface area contributed by atoms with Crippen molar-refractivity contribution in [2.75, 3.05) is 12.6 Å². The molecule has 0 aromatic heterocycles. The molecule has 0 saturated heterocycles. The van der Waals surface area contributed by atoms with Crippen LogP contribution in [0.15, 0.2) is 29.4 Å². The summed E-state index contributed by atoms with van der Waals surface area (Å²) in [5.74, 6) is -1.54. The number of nitrogens with zero attached hydrogens (tertiary/aromatic N) is 1. The highest BCUT2D eigenvalue weighted by Gasteiger charge is 2.36. The lowest BCUT2D eigenvalue weighted by atomic mass is 10.1. The smallest absolute Gasteiger partial charge is 0.420 e. The average Bonchev–Trinajstić information content (AvgIpc) is 2.53. The number of hydrogen-bond donors (Lipinski definition) is 1. The molecule has 1 aromatic rings. The molecule has 23 heavy (non-hydrogen) atoms. The van der Waals surface area contributed by atoms with Crippen molar-refractivity contribution in [3.05, 3.63) is 40.7 Å². The number of aliphatic imine (C=N–C) groups is 1. The lowest BCUT2D eigenvalue weighted by molar-refractivity contribution is -0.139. The molecule has 9 heteroatoms. The van der Waals surface area contributed by atoms with E-state index in [-0.39, 0.29) is 5.56 Å². The Hall–Kier alpha value is -2.55. The molecule has 1 N–H and O–H groups in total. The van der Waals surface area contributed by atoms with E-state index < -0.39 is 35.2 Å². The standard InChI is InChI=1S/C14H12F3N2O4/c1-22-13(20)9-5-12(23-8-3-2-4-18-7-8)10(14(15,16)17)6-11(9)19-21/h2,4-8,19H,3H2,1H3/q-1. The van der Waals surface area contributed by atoms with Gasteiger partial charge in [-0.15, -0.1) is 0 Å². The number of esters is 1. The highest BCUT2D eigenvalue weighted by Crippen LogP contribution is 2.40. The summed E-state index contributed by atoms with van der Waals surface area (Å²) in [6.07, 6.45) is -0.676. The first kappa shape index (κ1) is 16.8. The van der Waals surface area contributed by atoms with E-state index in [1.54, 1.807) is 6.08 Å². The molecule has 0 aliphatic carbocycles. The second-order valence-corrected chi connectivity index (χ2v) is 4.56. The molecule has 6 nitrogen and oxygen atoms in total. The van der Waals surface area contributed by atoms with Gasteiger partial charge in [0, 0.05) is 24.5 Å². The van der Waals surface area contributed by atoms with Crippen LogP contribution in [0.3, 0.4) is 0 Å². The van der Waals surface area contributed by atoms with Gasteiger partial charge in [0.05, 0.1) is 18.2 Å². The van der Waals surface area contributed by atoms with E-state index >= 15 is 0 Å². The summed E-state index contributed by atoms with van der Waals surface area (Å²) < 4.78 is 49.2. The molecule has 2 rings (SSSR count). The molecule has 124 valence electrons. The number of halogens is 3. The Bertz CT molecular complexity index is 656. The van der Waals surface area contributed by atoms with Gasteiger partial charge in [0.2, 0.25) is 0 Å². The minimum absolute atomic E-state index is 0.329. The van der Waals surface area contributed by atoms with Crippen LogP contribution in [0.1, 0.15) is 22.3 Å². The highest BCUT2D eigenvalue weighted by atomic mass is 19.4. The Morgan fingerprint density at radius 3 is 2.70 bits per heavy atom. The summed E-state index contributed by atoms with van der Waals surface area (Å²) >= 11 is 0. The zero-order chi connectivity index (χ0) is 17.0. The Morgan fingerprint density at radius 2 is 2.17 bits per heavy atom. The Morgan fingerprint density at radius 1 is 1.43 bits per heavy atom. The van der Waals surface area contributed by atoms with Gasteiger partial charge in [-0.25, -0.2) is 4.79 Å². The summed E-state index contributed by atoms with van der Waals surface area (Å²) in [5, 5.41) is 10.9. The fourth-order valence-electron chi connectivity index (χ4n) is 1.97. The molecular weight excluding hydrogens is 317 g/mol. The van der Waals surface area contributed by atoms with Crippen molar-refractivity contribution in [3.8, 4) is 5.75 Å². The molecular formula is C14H12F3N2O4-. The van der Waals surface area contributed by atoms with Crippen LogP contribution in [0, 0.1) is 5.21 Å². The van der Waals surface area contributed by atoms with Crippen molar-refractivity contribution in [3.63, 3.8) is 0 Å². The fraction of sp³-hybridized carbons (Fsp3) is 0.286. The lowest BCUT2D eigenvalue weighted by Gasteiger charge is -2.22. The number of methoxy groups -OCH3 is 1. The van der Waals surface area contributed by atoms with Gasteiger partial charge in [0.15, 0.2) is 0 Å². The van der Waals surface area contributed by atoms with Crippen LogP contribution < -0.4 is 10.2 Å². The molecule has 0 fully saturated rings. The van der Waals surface area contributed by atoms with Crippen LogP contribution in [0.25, 0.3) is 0 Å². The van der Waals surface area contributed by atoms with Crippen molar-refractivity contribution in [2.24, 2.45) is 4.99 Å². The monoisotopic (exact) mass is 329 g/mol. The molecule has 0 bridgehead atoms. The van der Waals surface area contributed by atoms with E-state index in [1.165, 1.54) is 17.9 Å². The number of ether oxygens (including phenoxy) is 2. The second kappa shape index (κ2) is 6.69. The number of carbonyl (C=O) groups excluding carboxylic acids is 1. The van der Waals surface area contributed by atoms with E-state index in [4.69, 9.17) is 4.74 Å². The third kappa shape index (κ3) is 3.81. The van der Waals surface area contributed by atoms with Crippen molar-refractivity contribution in [1.29, 1.82) is 0 Å². The third-order valence-corrected chi connectivity index (χ3v) is 3.03. The van der Waals surface area contributed by atoms with Crippen LogP contribution >= 0.6 is 0 Å². The van der Waals surface area contributed by atoms with Crippen LogP contribution in [0.5, 0.6) is 5.75 Å². The topological polar surface area (TPSA) is 83.0 Å². The van der Waals surface area contributed by atoms with E-state index in [0.717, 1.165) is 13.2 Å². The van der Waals surface area contributed by atoms with Crippen LogP contribution in [-0.4, -0.2) is 25.4 Å². The van der Waals surface area contributed by atoms with Crippen LogP contribution in [-0.2, 0) is 10.9 Å². The average molecular weight is 329 g/mol. The maximum atomic E-state index is 13.2. The number of carbonyl (C=O) groups is 1. The van der Waals surface area contributed by atoms with Gasteiger partial charge >= 0.3 is 12.1 Å². The van der Waals surface area contributed by atoms with Gasteiger partial charge in [0.25, 0.3) is 0 Å². The van der Waals surface area contributed by atoms with Gasteiger partial charge in [-0.3, -0.25) is 4.99 Å². The van der Waals surface area contributed by atoms with Gasteiger partial charge in [-0.05, 0) is 12.1 Å². The molecule has 0 amide bonds. The Balaban J connectivity index is 2.49. The van der Waals surface area contributed by atoms with Crippen molar-refractivity contribution in [1.82, 2.24) is 0 Å². The van der Waals surface area contributed by atoms with E-state index in [2.05, 4.69) is 9.73 Å². The molecule has 1 aliphatic heterocycles. The third-order valence-electron chi connectivity index (χ3n) is 3.03. The second-order valence-electron chi connectivity index (χ2n) is 4.56. The minimum Gasteiger partial charge on any atom is -0.761 e. The summed E-state index contributed by atoms with van der Waals surface area (Å²) in [6.45, 7) is 0. The summed E-state index contributed by atoms with van der Waals surface area (Å²) in [7, 11) is 1.05. The summed E-state index contributed by atoms with van der Waals surface area (Å²) in [4.78, 5) is 15.4. The van der Waals surface area contributed by atoms with E-state index in [0.29, 0.717) is 12.5 Å². The Labute approximate surface area is 129 Å². The quantitative estimate of drug-likeness (QED) is 0.678. The minimum atomic E-state index is -4.77. The Kier molecular flexibility index (Phi) is 4.89. The highest BCUT2D eigenvalue weighted by molar-refractivity contribution is 5.96. The van der Waals surface area contributed by atoms with E-state index in [9.17, 15) is 23.2 Å². The number of nitrogens with one attached hydrogen (secondary N) is 1. The lowest BCUT2D eigenvalue weighted by Crippen LogP contribution is -2.21. The molecule has 1 unspecified atom stereocenters. The van der Waals surface area contributed by atoms with Crippen LogP contribution in [0.2, 0.25) is 0 Å². The summed E-state index contributed by atoms with van der Waals surface area (Å²) in [6, 6.07) is 1.35. The molecule has 1 aromatic carbocycles. The summed E-state index contributed by atoms with van der Waals surface area (Å²) in [5.41, 5.74) is -0.765. The molecule has 0 saturated carbocycles. The van der Waals surface area contributed by atoms with Crippen LogP contribution in [0.4, 0.5) is 18.9 Å². The predicted molar refractivity (Wildman–Crippen MR) is 76.4 cm³/mol. The van der Waals surface area contributed by atoms with Gasteiger partial charge in [-0.2, -0.15) is 13.2 Å². The fourth-order valence-corrected chi connectivity index (χ4v) is 1.97. The molecule has 1 aliphatic rings. The van der Waals surface area contributed by atoms with Crippen molar-refractivity contribution < 1.29 is 27.4 Å². The van der Waals surface area contributed by atoms with Gasteiger partial charge in [-0.1, -0.05) is 6.08 Å². The van der Waals surface area contributed by atoms with Crippen molar-refractivity contribution in [2.45, 2.75) is 18.7 Å². The number of benzene rings is 1. The number of alkyl halides is 3. The zero-order valence-corrected chi connectivity index (χ0v) is 11.9. The molecule has 0 spiro atoms.